The molecule has 3 N–H and O–H groups in total. The molecule has 0 fully saturated rings. The number of aromatic nitrogens is 4. The maximum Gasteiger partial charge on any atom is 0.357 e. The van der Waals surface area contributed by atoms with Crippen LogP contribution in [0, 0.1) is 37.6 Å². The highest BCUT2D eigenvalue weighted by molar-refractivity contribution is 9.11. The first kappa shape index (κ1) is 31.5. The molecule has 10 nitrogen and oxygen atoms in total. The van der Waals surface area contributed by atoms with Gasteiger partial charge in [0.25, 0.3) is 0 Å². The summed E-state index contributed by atoms with van der Waals surface area (Å²) in [5.74, 6) is -4.62. The number of nitrogens with zero attached hydrogens (tertiary/aromatic N) is 4. The second kappa shape index (κ2) is 14.5. The Hall–Kier alpha value is -3.70. The lowest BCUT2D eigenvalue weighted by molar-refractivity contribution is 0.0585. The van der Waals surface area contributed by atoms with E-state index in [9.17, 15) is 27.2 Å². The van der Waals surface area contributed by atoms with E-state index in [-0.39, 0.29) is 24.5 Å². The van der Waals surface area contributed by atoms with Crippen molar-refractivity contribution in [3.63, 3.8) is 0 Å². The monoisotopic (exact) mass is 652 g/mol. The Morgan fingerprint density at radius 1 is 0.821 bits per heavy atom. The second-order valence-electron chi connectivity index (χ2n) is 6.95. The third-order valence-electron chi connectivity index (χ3n) is 4.12. The Morgan fingerprint density at radius 3 is 1.67 bits per heavy atom. The molecule has 0 aliphatic heterocycles. The van der Waals surface area contributed by atoms with E-state index in [4.69, 9.17) is 5.73 Å². The molecule has 0 spiro atoms. The number of hydrogen-bond donors (Lipinski definition) is 2. The highest BCUT2D eigenvalue weighted by Crippen LogP contribution is 2.26. The average Bonchev–Trinajstić information content (AvgIpc) is 3.37. The first-order valence-corrected chi connectivity index (χ1v) is 12.7. The predicted octanol–water partition coefficient (Wildman–Crippen LogP) is 5.84. The highest BCUT2D eigenvalue weighted by Gasteiger charge is 2.16. The number of carbonyl (C=O) groups excluding carboxylic acids is 2. The van der Waals surface area contributed by atoms with Gasteiger partial charge in [-0.1, -0.05) is 0 Å². The zero-order chi connectivity index (χ0) is 29.3. The normalized spacial score (nSPS) is 9.97. The van der Waals surface area contributed by atoms with Crippen LogP contribution in [0.1, 0.15) is 32.2 Å². The Kier molecular flexibility index (Phi) is 11.7. The van der Waals surface area contributed by atoms with E-state index < -0.39 is 29.8 Å². The largest absolute Gasteiger partial charge is 0.464 e. The van der Waals surface area contributed by atoms with Gasteiger partial charge in [0.05, 0.1) is 14.2 Å². The quantitative estimate of drug-likeness (QED) is 0.157. The summed E-state index contributed by atoms with van der Waals surface area (Å²) in [6.45, 7) is 3.53. The van der Waals surface area contributed by atoms with Gasteiger partial charge in [0.1, 0.15) is 0 Å². The summed E-state index contributed by atoms with van der Waals surface area (Å²) in [6, 6.07) is 3.95. The van der Waals surface area contributed by atoms with Crippen molar-refractivity contribution in [2.45, 2.75) is 13.8 Å². The van der Waals surface area contributed by atoms with Gasteiger partial charge in [-0.05, 0) is 29.8 Å². The van der Waals surface area contributed by atoms with Crippen LogP contribution in [0.2, 0.25) is 0 Å². The number of halogens is 5. The number of nitrogens with two attached hydrogens (primary N) is 1. The molecule has 210 valence electrons. The zero-order valence-corrected chi connectivity index (χ0v) is 23.7. The van der Waals surface area contributed by atoms with E-state index in [1.807, 2.05) is 6.92 Å². The molecule has 39 heavy (non-hydrogen) atoms. The Morgan fingerprint density at radius 2 is 1.26 bits per heavy atom. The van der Waals surface area contributed by atoms with Crippen molar-refractivity contribution in [1.29, 1.82) is 0 Å². The van der Waals surface area contributed by atoms with Gasteiger partial charge in [0, 0.05) is 46.8 Å². The lowest BCUT2D eigenvalue weighted by atomic mass is 10.4. The van der Waals surface area contributed by atoms with Crippen LogP contribution in [-0.4, -0.2) is 46.1 Å². The number of nitrogens with one attached hydrogen (secondary N) is 1. The molecule has 0 aliphatic carbocycles. The van der Waals surface area contributed by atoms with Crippen LogP contribution in [0.5, 0.6) is 0 Å². The molecule has 0 saturated carbocycles. The van der Waals surface area contributed by atoms with Gasteiger partial charge in [-0.15, -0.1) is 22.7 Å². The summed E-state index contributed by atoms with van der Waals surface area (Å²) < 4.78 is 59.6. The summed E-state index contributed by atoms with van der Waals surface area (Å²) in [5, 5.41) is 3.04. The lowest BCUT2D eigenvalue weighted by Crippen LogP contribution is -2.03. The maximum absolute atomic E-state index is 12.9. The number of ether oxygens (including phenoxy) is 2. The average molecular weight is 653 g/mol. The van der Waals surface area contributed by atoms with Crippen LogP contribution in [0.4, 0.5) is 34.1 Å². The SMILES string of the molecule is COC(=O)c1nc(Br)sc1C.COC(=O)c1nc(Nc2cc(F)nc(F)c2)sc1C.Nc1cc(F)nc(F)c1.[HH]. The standard InChI is InChI=1S/C11H9F2N3O2S.C6H6BrNO2S.C5H4F2N2.H2/c1-5-9(10(17)18-2)16-11(19-5)14-6-3-7(12)15-8(13)4-6;1-3-4(5(9)10-2)8-6(7)11-3;6-4-1-3(8)2-5(7)9-4;/h3-4H,1-2H3,(H,14,15,16);1-2H3;1-2H,(H2,8,9);1H. The van der Waals surface area contributed by atoms with Crippen molar-refractivity contribution < 1.29 is 38.1 Å². The van der Waals surface area contributed by atoms with Crippen molar-refractivity contribution in [2.24, 2.45) is 0 Å². The zero-order valence-electron chi connectivity index (χ0n) is 20.5. The molecule has 0 amide bonds. The van der Waals surface area contributed by atoms with Gasteiger partial charge in [-0.3, -0.25) is 0 Å². The minimum Gasteiger partial charge on any atom is -0.464 e. The van der Waals surface area contributed by atoms with Gasteiger partial charge in [0.15, 0.2) is 20.4 Å². The molecule has 4 rings (SSSR count). The van der Waals surface area contributed by atoms with E-state index in [1.54, 1.807) is 6.92 Å². The van der Waals surface area contributed by atoms with Crippen molar-refractivity contribution in [3.8, 4) is 0 Å². The van der Waals surface area contributed by atoms with E-state index in [0.29, 0.717) is 19.6 Å². The molecule has 4 aromatic heterocycles. The van der Waals surface area contributed by atoms with Gasteiger partial charge >= 0.3 is 11.9 Å². The molecule has 0 aromatic carbocycles. The third-order valence-corrected chi connectivity index (χ3v) is 6.43. The van der Waals surface area contributed by atoms with Gasteiger partial charge < -0.3 is 20.5 Å². The molecule has 17 heteroatoms. The second-order valence-corrected chi connectivity index (χ2v) is 10.6. The van der Waals surface area contributed by atoms with E-state index in [1.165, 1.54) is 36.9 Å². The van der Waals surface area contributed by atoms with Crippen LogP contribution in [0.25, 0.3) is 0 Å². The first-order valence-electron chi connectivity index (χ1n) is 10.3. The number of anilines is 3. The van der Waals surface area contributed by atoms with E-state index >= 15 is 0 Å². The van der Waals surface area contributed by atoms with E-state index in [2.05, 4.69) is 50.7 Å². The number of rotatable bonds is 4. The highest BCUT2D eigenvalue weighted by atomic mass is 79.9. The summed E-state index contributed by atoms with van der Waals surface area (Å²) in [7, 11) is 2.59. The first-order chi connectivity index (χ1) is 18.3. The number of hydrogen-bond acceptors (Lipinski definition) is 12. The number of pyridine rings is 2. The number of methoxy groups -OCH3 is 2. The summed E-state index contributed by atoms with van der Waals surface area (Å²) in [6.07, 6.45) is 0. The number of aryl methyl sites for hydroxylation is 2. The van der Waals surface area contributed by atoms with Crippen LogP contribution < -0.4 is 11.1 Å². The molecule has 0 bridgehead atoms. The minimum absolute atomic E-state index is 0. The molecule has 4 aromatic rings. The summed E-state index contributed by atoms with van der Waals surface area (Å²) >= 11 is 5.77. The minimum atomic E-state index is -0.941. The maximum atomic E-state index is 12.9. The van der Waals surface area contributed by atoms with E-state index in [0.717, 1.165) is 29.1 Å². The fourth-order valence-electron chi connectivity index (χ4n) is 2.53. The molecule has 0 unspecified atom stereocenters. The Balaban J connectivity index is 0.000000324. The van der Waals surface area contributed by atoms with Crippen LogP contribution in [0.3, 0.4) is 0 Å². The summed E-state index contributed by atoms with van der Waals surface area (Å²) in [5.41, 5.74) is 5.81. The fraction of sp³-hybridized carbons (Fsp3) is 0.182. The fourth-order valence-corrected chi connectivity index (χ4v) is 4.87. The number of thiazole rings is 2. The number of nitrogen functional groups attached to an aromatic ring is 1. The Bertz CT molecular complexity index is 1410. The van der Waals surface area contributed by atoms with Gasteiger partial charge in [-0.25, -0.2) is 19.6 Å². The van der Waals surface area contributed by atoms with Crippen molar-refractivity contribution in [1.82, 2.24) is 19.9 Å². The predicted molar refractivity (Wildman–Crippen MR) is 142 cm³/mol. The molecule has 0 radical (unpaired) electrons. The molecule has 0 aliphatic rings. The molecule has 4 heterocycles. The number of esters is 2. The van der Waals surface area contributed by atoms with Gasteiger partial charge in [0.2, 0.25) is 23.8 Å². The number of carbonyl (C=O) groups is 2. The molecule has 0 saturated heterocycles. The van der Waals surface area contributed by atoms with Crippen molar-refractivity contribution in [3.05, 3.63) is 73.1 Å². The molecular formula is C22H21BrF4N6O4S2. The smallest absolute Gasteiger partial charge is 0.357 e. The lowest BCUT2D eigenvalue weighted by Gasteiger charge is -2.01. The van der Waals surface area contributed by atoms with Crippen molar-refractivity contribution >= 4 is 67.0 Å². The third kappa shape index (κ3) is 9.84. The van der Waals surface area contributed by atoms with Crippen molar-refractivity contribution in [2.75, 3.05) is 25.3 Å². The van der Waals surface area contributed by atoms with Crippen LogP contribution >= 0.6 is 38.6 Å². The molecular weight excluding hydrogens is 632 g/mol. The topological polar surface area (TPSA) is 142 Å². The Labute approximate surface area is 236 Å². The summed E-state index contributed by atoms with van der Waals surface area (Å²) in [4.78, 5) is 37.6. The molecule has 0 atom stereocenters. The van der Waals surface area contributed by atoms with Crippen LogP contribution in [0.15, 0.2) is 28.2 Å². The van der Waals surface area contributed by atoms with Crippen LogP contribution in [-0.2, 0) is 9.47 Å². The van der Waals surface area contributed by atoms with Gasteiger partial charge in [-0.2, -0.15) is 27.5 Å².